The van der Waals surface area contributed by atoms with Gasteiger partial charge in [0.25, 0.3) is 0 Å². The van der Waals surface area contributed by atoms with Gasteiger partial charge in [0.1, 0.15) is 0 Å². The molecule has 0 radical (unpaired) electrons. The molecule has 174 valence electrons. The van der Waals surface area contributed by atoms with Gasteiger partial charge in [-0.3, -0.25) is 4.90 Å². The summed E-state index contributed by atoms with van der Waals surface area (Å²) in [5, 5.41) is 10.3. The molecule has 1 N–H and O–H groups in total. The minimum atomic E-state index is -0.0989. The fourth-order valence-electron chi connectivity index (χ4n) is 10.2. The molecular formula is C28H45NO2. The van der Waals surface area contributed by atoms with E-state index in [2.05, 4.69) is 38.7 Å². The molecule has 11 atom stereocenters. The van der Waals surface area contributed by atoms with Gasteiger partial charge in [-0.1, -0.05) is 39.3 Å². The molecule has 0 aromatic carbocycles. The van der Waals surface area contributed by atoms with Crippen molar-refractivity contribution in [3.63, 3.8) is 0 Å². The molecule has 0 bridgehead atoms. The largest absolute Gasteiger partial charge is 0.393 e. The monoisotopic (exact) mass is 427 g/mol. The number of ether oxygens (including phenoxy) is 1. The summed E-state index contributed by atoms with van der Waals surface area (Å²) in [7, 11) is 0. The SMILES string of the molecule is C[C@H]1CC[C@H]2[C@H](C)[C@@H]3[C@@H](C[C@@H]4[C@H]5CC=C6C[C@@H](O)CC[C@]6(C)[C@@H]5CC[C@]34C)OCN2C1. The minimum absolute atomic E-state index is 0.0989. The molecule has 2 aliphatic heterocycles. The van der Waals surface area contributed by atoms with Crippen molar-refractivity contribution in [1.82, 2.24) is 4.90 Å². The Morgan fingerprint density at radius 3 is 2.74 bits per heavy atom. The first-order chi connectivity index (χ1) is 14.8. The Morgan fingerprint density at radius 2 is 1.90 bits per heavy atom. The van der Waals surface area contributed by atoms with Crippen LogP contribution in [0.5, 0.6) is 0 Å². The number of hydrogen-bond donors (Lipinski definition) is 1. The third-order valence-corrected chi connectivity index (χ3v) is 11.8. The minimum Gasteiger partial charge on any atom is -0.393 e. The van der Waals surface area contributed by atoms with E-state index in [-0.39, 0.29) is 6.10 Å². The van der Waals surface area contributed by atoms with E-state index >= 15 is 0 Å². The van der Waals surface area contributed by atoms with Crippen molar-refractivity contribution in [2.75, 3.05) is 13.3 Å². The van der Waals surface area contributed by atoms with Gasteiger partial charge in [-0.05, 0) is 104 Å². The summed E-state index contributed by atoms with van der Waals surface area (Å²) < 4.78 is 6.78. The highest BCUT2D eigenvalue weighted by Gasteiger charge is 2.63. The lowest BCUT2D eigenvalue weighted by atomic mass is 9.47. The highest BCUT2D eigenvalue weighted by Crippen LogP contribution is 2.68. The number of nitrogens with zero attached hydrogens (tertiary/aromatic N) is 1. The van der Waals surface area contributed by atoms with E-state index in [0.717, 1.165) is 61.1 Å². The fourth-order valence-corrected chi connectivity index (χ4v) is 10.2. The van der Waals surface area contributed by atoms with E-state index in [0.29, 0.717) is 16.9 Å². The van der Waals surface area contributed by atoms with Crippen molar-refractivity contribution in [1.29, 1.82) is 0 Å². The lowest BCUT2D eigenvalue weighted by molar-refractivity contribution is -0.0644. The van der Waals surface area contributed by atoms with Gasteiger partial charge in [-0.15, -0.1) is 0 Å². The van der Waals surface area contributed by atoms with E-state index in [4.69, 9.17) is 4.74 Å². The van der Waals surface area contributed by atoms with Crippen molar-refractivity contribution in [2.24, 2.45) is 46.3 Å². The molecule has 2 heterocycles. The first-order valence-corrected chi connectivity index (χ1v) is 13.5. The van der Waals surface area contributed by atoms with Crippen LogP contribution >= 0.6 is 0 Å². The smallest absolute Gasteiger partial charge is 0.0996 e. The first kappa shape index (κ1) is 21.2. The predicted molar refractivity (Wildman–Crippen MR) is 124 cm³/mol. The highest BCUT2D eigenvalue weighted by molar-refractivity contribution is 5.26. The van der Waals surface area contributed by atoms with Crippen LogP contribution in [0.1, 0.15) is 85.5 Å². The van der Waals surface area contributed by atoms with Crippen LogP contribution in [0, 0.1) is 46.3 Å². The molecule has 6 aliphatic rings. The Labute approximate surface area is 190 Å². The van der Waals surface area contributed by atoms with Crippen molar-refractivity contribution in [3.8, 4) is 0 Å². The number of fused-ring (bicyclic) bond motifs is 8. The van der Waals surface area contributed by atoms with Crippen LogP contribution in [0.4, 0.5) is 0 Å². The molecule has 31 heavy (non-hydrogen) atoms. The Balaban J connectivity index is 1.30. The van der Waals surface area contributed by atoms with E-state index in [9.17, 15) is 5.11 Å². The second-order valence-corrected chi connectivity index (χ2v) is 13.2. The molecule has 0 spiro atoms. The number of piperidine rings is 1. The molecule has 0 unspecified atom stereocenters. The van der Waals surface area contributed by atoms with Crippen LogP contribution in [0.15, 0.2) is 11.6 Å². The fraction of sp³-hybridized carbons (Fsp3) is 0.929. The zero-order valence-corrected chi connectivity index (χ0v) is 20.4. The van der Waals surface area contributed by atoms with Gasteiger partial charge in [-0.2, -0.15) is 0 Å². The second-order valence-electron chi connectivity index (χ2n) is 13.2. The number of allylic oxidation sites excluding steroid dienone is 1. The second kappa shape index (κ2) is 7.31. The molecule has 3 saturated carbocycles. The Bertz CT molecular complexity index is 749. The molecular weight excluding hydrogens is 382 g/mol. The summed E-state index contributed by atoms with van der Waals surface area (Å²) >= 11 is 0. The molecule has 4 aliphatic carbocycles. The number of aliphatic hydroxyl groups excluding tert-OH is 1. The third-order valence-electron chi connectivity index (χ3n) is 11.8. The molecule has 6 rings (SSSR count). The number of hydrogen-bond acceptors (Lipinski definition) is 3. The normalized spacial score (nSPS) is 56.9. The van der Waals surface area contributed by atoms with Gasteiger partial charge in [0.2, 0.25) is 0 Å². The van der Waals surface area contributed by atoms with Crippen LogP contribution in [0.25, 0.3) is 0 Å². The summed E-state index contributed by atoms with van der Waals surface area (Å²) in [6.07, 6.45) is 14.2. The average Bonchev–Trinajstić information content (AvgIpc) is 2.96. The maximum Gasteiger partial charge on any atom is 0.0996 e. The third kappa shape index (κ3) is 3.01. The van der Waals surface area contributed by atoms with Crippen molar-refractivity contribution < 1.29 is 9.84 Å². The zero-order valence-electron chi connectivity index (χ0n) is 20.4. The number of rotatable bonds is 0. The number of aliphatic hydroxyl groups is 1. The molecule has 0 aromatic heterocycles. The van der Waals surface area contributed by atoms with E-state index in [1.54, 1.807) is 5.57 Å². The van der Waals surface area contributed by atoms with Gasteiger partial charge in [0.05, 0.1) is 18.9 Å². The topological polar surface area (TPSA) is 32.7 Å². The first-order valence-electron chi connectivity index (χ1n) is 13.5. The van der Waals surface area contributed by atoms with Gasteiger partial charge in [0, 0.05) is 12.6 Å². The highest BCUT2D eigenvalue weighted by atomic mass is 16.5. The molecule has 3 nitrogen and oxygen atoms in total. The quantitative estimate of drug-likeness (QED) is 0.509. The maximum atomic E-state index is 10.3. The van der Waals surface area contributed by atoms with Gasteiger partial charge in [-0.25, -0.2) is 0 Å². The Hall–Kier alpha value is -0.380. The molecule has 5 fully saturated rings. The van der Waals surface area contributed by atoms with Gasteiger partial charge >= 0.3 is 0 Å². The summed E-state index contributed by atoms with van der Waals surface area (Å²) in [4.78, 5) is 2.70. The standard InChI is InChI=1S/C28H45NO2/c1-17-5-8-24-18(2)26-25(31-16-29(24)15-17)14-23-21-7-6-19-13-20(30)9-11-27(19,3)22(21)10-12-28(23,26)4/h6,17-18,20-26,30H,5,7-16H2,1-4H3/t17-,18-,20-,21-,22+,23+,24-,25+,26+,27-,28-/m0/s1. The van der Waals surface area contributed by atoms with Gasteiger partial charge in [0.15, 0.2) is 0 Å². The summed E-state index contributed by atoms with van der Waals surface area (Å²) in [5.74, 6) is 4.77. The molecule has 2 saturated heterocycles. The van der Waals surface area contributed by atoms with Crippen molar-refractivity contribution in [2.45, 2.75) is 104 Å². The van der Waals surface area contributed by atoms with E-state index < -0.39 is 0 Å². The summed E-state index contributed by atoms with van der Waals surface area (Å²) in [5.41, 5.74) is 2.39. The molecule has 3 heteroatoms. The summed E-state index contributed by atoms with van der Waals surface area (Å²) in [6.45, 7) is 12.3. The van der Waals surface area contributed by atoms with E-state index in [1.165, 1.54) is 51.5 Å². The average molecular weight is 428 g/mol. The predicted octanol–water partition coefficient (Wildman–Crippen LogP) is 5.63. The van der Waals surface area contributed by atoms with Crippen molar-refractivity contribution >= 4 is 0 Å². The Kier molecular flexibility index (Phi) is 4.99. The maximum absolute atomic E-state index is 10.3. The Morgan fingerprint density at radius 1 is 1.06 bits per heavy atom. The van der Waals surface area contributed by atoms with E-state index in [1.807, 2.05) is 0 Å². The van der Waals surface area contributed by atoms with Crippen LogP contribution in [0.2, 0.25) is 0 Å². The molecule has 0 amide bonds. The van der Waals surface area contributed by atoms with Crippen LogP contribution in [-0.4, -0.2) is 41.5 Å². The lowest BCUT2D eigenvalue weighted by Crippen LogP contribution is -2.53. The van der Waals surface area contributed by atoms with Crippen LogP contribution < -0.4 is 0 Å². The van der Waals surface area contributed by atoms with Crippen LogP contribution in [0.3, 0.4) is 0 Å². The molecule has 0 aromatic rings. The van der Waals surface area contributed by atoms with Crippen LogP contribution in [-0.2, 0) is 4.74 Å². The lowest BCUT2D eigenvalue weighted by Gasteiger charge is -2.58. The van der Waals surface area contributed by atoms with Crippen molar-refractivity contribution in [3.05, 3.63) is 11.6 Å². The zero-order chi connectivity index (χ0) is 21.5. The summed E-state index contributed by atoms with van der Waals surface area (Å²) in [6, 6.07) is 0.731. The van der Waals surface area contributed by atoms with Gasteiger partial charge < -0.3 is 9.84 Å².